The molecule has 6 rings (SSSR count). The highest BCUT2D eigenvalue weighted by molar-refractivity contribution is 7.11. The molecule has 2 aromatic heterocycles. The Morgan fingerprint density at radius 1 is 0.938 bits per heavy atom. The number of hydrogen-bond acceptors (Lipinski definition) is 4. The molecule has 5 nitrogen and oxygen atoms in total. The molecular weight excluding hydrogens is 418 g/mol. The maximum absolute atomic E-state index is 13.6. The van der Waals surface area contributed by atoms with Crippen LogP contribution in [0.4, 0.5) is 5.69 Å². The van der Waals surface area contributed by atoms with E-state index >= 15 is 0 Å². The summed E-state index contributed by atoms with van der Waals surface area (Å²) in [5, 5.41) is 3.08. The molecule has 1 N–H and O–H groups in total. The molecule has 2 aliphatic heterocycles. The zero-order valence-corrected chi connectivity index (χ0v) is 18.2. The zero-order chi connectivity index (χ0) is 21.7. The summed E-state index contributed by atoms with van der Waals surface area (Å²) in [7, 11) is 0. The van der Waals surface area contributed by atoms with Crippen LogP contribution in [0.5, 0.6) is 0 Å². The van der Waals surface area contributed by atoms with Crippen LogP contribution in [0.15, 0.2) is 77.9 Å². The summed E-state index contributed by atoms with van der Waals surface area (Å²) >= 11 is 1.50. The van der Waals surface area contributed by atoms with Gasteiger partial charge in [-0.1, -0.05) is 42.5 Å². The number of thiophene rings is 1. The van der Waals surface area contributed by atoms with E-state index in [2.05, 4.69) is 17.1 Å². The van der Waals surface area contributed by atoms with Crippen molar-refractivity contribution >= 4 is 45.3 Å². The lowest BCUT2D eigenvalue weighted by molar-refractivity contribution is -0.136. The second-order valence-corrected chi connectivity index (χ2v) is 9.05. The first-order chi connectivity index (χ1) is 15.7. The molecule has 4 aromatic rings. The van der Waals surface area contributed by atoms with Crippen molar-refractivity contribution in [2.75, 3.05) is 18.0 Å². The molecule has 0 aliphatic carbocycles. The number of aromatic nitrogens is 1. The molecule has 2 aromatic carbocycles. The molecule has 6 heteroatoms. The van der Waals surface area contributed by atoms with E-state index in [0.29, 0.717) is 30.8 Å². The third-order valence-corrected chi connectivity index (χ3v) is 7.24. The van der Waals surface area contributed by atoms with Gasteiger partial charge in [0.1, 0.15) is 5.70 Å². The van der Waals surface area contributed by atoms with Gasteiger partial charge in [-0.05, 0) is 47.5 Å². The number of amides is 2. The van der Waals surface area contributed by atoms with Crippen molar-refractivity contribution in [3.63, 3.8) is 0 Å². The van der Waals surface area contributed by atoms with Crippen LogP contribution < -0.4 is 4.90 Å². The summed E-state index contributed by atoms with van der Waals surface area (Å²) in [6.45, 7) is 1.06. The summed E-state index contributed by atoms with van der Waals surface area (Å²) in [5.41, 5.74) is 5.45. The van der Waals surface area contributed by atoms with Gasteiger partial charge >= 0.3 is 0 Å². The van der Waals surface area contributed by atoms with Crippen molar-refractivity contribution in [3.05, 3.63) is 93.9 Å². The molecule has 32 heavy (non-hydrogen) atoms. The largest absolute Gasteiger partial charge is 0.361 e. The number of para-hydroxylation sites is 2. The van der Waals surface area contributed by atoms with E-state index in [1.807, 2.05) is 65.0 Å². The molecule has 0 spiro atoms. The van der Waals surface area contributed by atoms with Crippen LogP contribution >= 0.6 is 11.3 Å². The van der Waals surface area contributed by atoms with Gasteiger partial charge in [0.25, 0.3) is 11.8 Å². The Hall–Kier alpha value is -3.64. The Bertz CT molecular complexity index is 1380. The smallest absolute Gasteiger partial charge is 0.278 e. The van der Waals surface area contributed by atoms with Crippen molar-refractivity contribution in [3.8, 4) is 0 Å². The number of fused-ring (bicyclic) bond motifs is 2. The highest BCUT2D eigenvalue weighted by Crippen LogP contribution is 2.39. The average molecular weight is 440 g/mol. The van der Waals surface area contributed by atoms with Crippen LogP contribution in [0.3, 0.4) is 0 Å². The van der Waals surface area contributed by atoms with Gasteiger partial charge in [-0.25, -0.2) is 0 Å². The number of carbonyl (C=O) groups is 2. The molecule has 158 valence electrons. The number of anilines is 1. The number of hydrogen-bond donors (Lipinski definition) is 1. The number of imide groups is 1. The molecule has 0 fully saturated rings. The van der Waals surface area contributed by atoms with Gasteiger partial charge in [0, 0.05) is 40.8 Å². The van der Waals surface area contributed by atoms with Crippen molar-refractivity contribution in [2.24, 2.45) is 0 Å². The second-order valence-electron chi connectivity index (χ2n) is 8.10. The predicted molar refractivity (Wildman–Crippen MR) is 127 cm³/mol. The van der Waals surface area contributed by atoms with Crippen molar-refractivity contribution in [2.45, 2.75) is 12.8 Å². The first kappa shape index (κ1) is 19.1. The lowest BCUT2D eigenvalue weighted by Gasteiger charge is -2.21. The lowest BCUT2D eigenvalue weighted by atomic mass is 10.1. The predicted octanol–water partition coefficient (Wildman–Crippen LogP) is 4.61. The highest BCUT2D eigenvalue weighted by Gasteiger charge is 2.43. The summed E-state index contributed by atoms with van der Waals surface area (Å²) in [5.74, 6) is -0.397. The number of nitrogens with zero attached hydrogens (tertiary/aromatic N) is 2. The molecule has 2 aliphatic rings. The fourth-order valence-corrected chi connectivity index (χ4v) is 5.56. The van der Waals surface area contributed by atoms with Gasteiger partial charge in [-0.15, -0.1) is 11.3 Å². The number of carbonyl (C=O) groups excluding carboxylic acids is 2. The topological polar surface area (TPSA) is 56.4 Å². The van der Waals surface area contributed by atoms with Crippen molar-refractivity contribution < 1.29 is 9.59 Å². The maximum Gasteiger partial charge on any atom is 0.278 e. The molecule has 4 heterocycles. The molecule has 0 bridgehead atoms. The number of H-pyrrole nitrogens is 1. The van der Waals surface area contributed by atoms with Gasteiger partial charge in [-0.2, -0.15) is 0 Å². The Morgan fingerprint density at radius 3 is 2.66 bits per heavy atom. The van der Waals surface area contributed by atoms with Crippen LogP contribution in [0, 0.1) is 0 Å². The summed E-state index contributed by atoms with van der Waals surface area (Å²) in [6.07, 6.45) is 3.46. The van der Waals surface area contributed by atoms with Crippen LogP contribution in [-0.2, 0) is 22.4 Å². The molecule has 0 saturated carbocycles. The lowest BCUT2D eigenvalue weighted by Crippen LogP contribution is -2.36. The second kappa shape index (κ2) is 7.50. The normalized spacial score (nSPS) is 16.0. The quantitative estimate of drug-likeness (QED) is 0.462. The number of benzene rings is 2. The minimum absolute atomic E-state index is 0.198. The highest BCUT2D eigenvalue weighted by atomic mass is 32.1. The summed E-state index contributed by atoms with van der Waals surface area (Å²) in [4.78, 5) is 34.8. The van der Waals surface area contributed by atoms with E-state index in [-0.39, 0.29) is 11.8 Å². The third-order valence-electron chi connectivity index (χ3n) is 6.35. The molecule has 0 radical (unpaired) electrons. The minimum atomic E-state index is -0.199. The summed E-state index contributed by atoms with van der Waals surface area (Å²) < 4.78 is 0. The standard InChI is InChI=1S/C26H21N3O2S/c30-25-23(22-10-5-15-32-22)24(28-13-11-17-6-1-4-9-21(17)28)26(31)29(25)14-12-18-16-27-20-8-3-2-7-19(18)20/h1-10,15-16,27H,11-14H2. The van der Waals surface area contributed by atoms with Crippen LogP contribution in [-0.4, -0.2) is 34.8 Å². The molecule has 0 saturated heterocycles. The van der Waals surface area contributed by atoms with E-state index in [9.17, 15) is 9.59 Å². The molecule has 0 unspecified atom stereocenters. The minimum Gasteiger partial charge on any atom is -0.361 e. The maximum atomic E-state index is 13.6. The summed E-state index contributed by atoms with van der Waals surface area (Å²) in [6, 6.07) is 20.1. The van der Waals surface area contributed by atoms with E-state index in [4.69, 9.17) is 0 Å². The molecular formula is C26H21N3O2S. The fraction of sp³-hybridized carbons (Fsp3) is 0.154. The van der Waals surface area contributed by atoms with Crippen LogP contribution in [0.2, 0.25) is 0 Å². The van der Waals surface area contributed by atoms with E-state index in [0.717, 1.165) is 33.5 Å². The van der Waals surface area contributed by atoms with Crippen molar-refractivity contribution in [1.82, 2.24) is 9.88 Å². The Labute approximate surface area is 189 Å². The number of aromatic amines is 1. The van der Waals surface area contributed by atoms with Gasteiger partial charge < -0.3 is 9.88 Å². The first-order valence-corrected chi connectivity index (χ1v) is 11.6. The molecule has 2 amide bonds. The Kier molecular flexibility index (Phi) is 4.47. The number of nitrogens with one attached hydrogen (secondary N) is 1. The Balaban J connectivity index is 1.35. The van der Waals surface area contributed by atoms with E-state index < -0.39 is 0 Å². The third kappa shape index (κ3) is 2.91. The zero-order valence-electron chi connectivity index (χ0n) is 17.4. The van der Waals surface area contributed by atoms with Crippen LogP contribution in [0.25, 0.3) is 16.5 Å². The van der Waals surface area contributed by atoms with Crippen LogP contribution in [0.1, 0.15) is 16.0 Å². The fourth-order valence-electron chi connectivity index (χ4n) is 4.80. The SMILES string of the molecule is O=C1C(c2cccs2)=C(N2CCc3ccccc32)C(=O)N1CCc1c[nH]c2ccccc12. The number of rotatable bonds is 5. The monoisotopic (exact) mass is 439 g/mol. The molecule has 0 atom stereocenters. The van der Waals surface area contributed by atoms with Gasteiger partial charge in [0.2, 0.25) is 0 Å². The first-order valence-electron chi connectivity index (χ1n) is 10.8. The van der Waals surface area contributed by atoms with Gasteiger partial charge in [-0.3, -0.25) is 14.5 Å². The van der Waals surface area contributed by atoms with Crippen molar-refractivity contribution in [1.29, 1.82) is 0 Å². The van der Waals surface area contributed by atoms with E-state index in [1.165, 1.54) is 21.8 Å². The Morgan fingerprint density at radius 2 is 1.78 bits per heavy atom. The van der Waals surface area contributed by atoms with Gasteiger partial charge in [0.05, 0.1) is 5.57 Å². The van der Waals surface area contributed by atoms with E-state index in [1.54, 1.807) is 0 Å². The average Bonchev–Trinajstić information content (AvgIpc) is 3.59. The van der Waals surface area contributed by atoms with Gasteiger partial charge in [0.15, 0.2) is 0 Å².